The number of H-pyrrole nitrogens is 1. The third kappa shape index (κ3) is 2.19. The second-order valence-corrected chi connectivity index (χ2v) is 3.55. The van der Waals surface area contributed by atoms with Crippen LogP contribution in [0.25, 0.3) is 0 Å². The lowest BCUT2D eigenvalue weighted by molar-refractivity contribution is 0.111. The van der Waals surface area contributed by atoms with Gasteiger partial charge in [-0.1, -0.05) is 0 Å². The number of aromatic amines is 1. The van der Waals surface area contributed by atoms with Crippen LogP contribution in [0.3, 0.4) is 0 Å². The Bertz CT molecular complexity index is 363. The summed E-state index contributed by atoms with van der Waals surface area (Å²) in [5, 5.41) is 9.23. The van der Waals surface area contributed by atoms with E-state index < -0.39 is 0 Å². The predicted octanol–water partition coefficient (Wildman–Crippen LogP) is 0.787. The molecule has 2 N–H and O–H groups in total. The molecular formula is C7H9IN2O3. The van der Waals surface area contributed by atoms with Gasteiger partial charge in [-0.15, -0.1) is 0 Å². The molecule has 5 nitrogen and oxygen atoms in total. The van der Waals surface area contributed by atoms with Crippen LogP contribution in [0.5, 0.6) is 5.88 Å². The zero-order valence-electron chi connectivity index (χ0n) is 7.17. The van der Waals surface area contributed by atoms with Gasteiger partial charge in [-0.25, -0.2) is 0 Å². The summed E-state index contributed by atoms with van der Waals surface area (Å²) in [4.78, 5) is 17.4. The average molecular weight is 296 g/mol. The quantitative estimate of drug-likeness (QED) is 0.791. The van der Waals surface area contributed by atoms with Crippen molar-refractivity contribution in [2.24, 2.45) is 0 Å². The summed E-state index contributed by atoms with van der Waals surface area (Å²) in [5.74, 6) is 0.0636. The zero-order valence-corrected chi connectivity index (χ0v) is 9.32. The number of rotatable bonds is 2. The SMILES string of the molecule is COC(C)c1nc(O)c(I)c(=O)[nH]1. The summed E-state index contributed by atoms with van der Waals surface area (Å²) < 4.78 is 5.12. The van der Waals surface area contributed by atoms with Gasteiger partial charge < -0.3 is 14.8 Å². The van der Waals surface area contributed by atoms with Crippen LogP contribution < -0.4 is 5.56 Å². The number of hydrogen-bond acceptors (Lipinski definition) is 4. The molecule has 0 radical (unpaired) electrons. The van der Waals surface area contributed by atoms with Crippen molar-refractivity contribution in [3.05, 3.63) is 19.7 Å². The lowest BCUT2D eigenvalue weighted by atomic mass is 10.4. The normalized spacial score (nSPS) is 12.8. The van der Waals surface area contributed by atoms with Crippen LogP contribution in [0.1, 0.15) is 18.9 Å². The van der Waals surface area contributed by atoms with Gasteiger partial charge in [0.1, 0.15) is 15.5 Å². The largest absolute Gasteiger partial charge is 0.492 e. The van der Waals surface area contributed by atoms with Gasteiger partial charge in [0, 0.05) is 7.11 Å². The van der Waals surface area contributed by atoms with Crippen LogP contribution in [0.4, 0.5) is 0 Å². The minimum atomic E-state index is -0.355. The number of hydrogen-bond donors (Lipinski definition) is 2. The molecule has 0 aliphatic rings. The maximum absolute atomic E-state index is 11.2. The number of nitrogens with one attached hydrogen (secondary N) is 1. The number of aromatic nitrogens is 2. The molecule has 0 aliphatic carbocycles. The second-order valence-electron chi connectivity index (χ2n) is 2.47. The second kappa shape index (κ2) is 4.05. The molecule has 0 aliphatic heterocycles. The molecule has 1 rings (SSSR count). The Hall–Kier alpha value is -0.630. The van der Waals surface area contributed by atoms with Crippen molar-refractivity contribution in [2.45, 2.75) is 13.0 Å². The summed E-state index contributed by atoms with van der Waals surface area (Å²) in [6.45, 7) is 1.73. The molecule has 0 amide bonds. The Labute approximate surface area is 88.3 Å². The van der Waals surface area contributed by atoms with E-state index in [1.165, 1.54) is 7.11 Å². The van der Waals surface area contributed by atoms with Gasteiger partial charge in [0.2, 0.25) is 5.88 Å². The number of aromatic hydroxyl groups is 1. The van der Waals surface area contributed by atoms with Crippen molar-refractivity contribution in [2.75, 3.05) is 7.11 Å². The Morgan fingerprint density at radius 3 is 2.77 bits per heavy atom. The summed E-state index contributed by atoms with van der Waals surface area (Å²) >= 11 is 1.72. The molecule has 1 aromatic heterocycles. The van der Waals surface area contributed by atoms with Crippen molar-refractivity contribution in [3.8, 4) is 5.88 Å². The number of nitrogens with zero attached hydrogens (tertiary/aromatic N) is 1. The first kappa shape index (κ1) is 10.5. The molecule has 1 unspecified atom stereocenters. The standard InChI is InChI=1S/C7H9IN2O3/c1-3(13-2)5-9-6(11)4(8)7(12)10-5/h3H,1-2H3,(H2,9,10,11,12). The van der Waals surface area contributed by atoms with Crippen molar-refractivity contribution < 1.29 is 9.84 Å². The van der Waals surface area contributed by atoms with Gasteiger partial charge >= 0.3 is 0 Å². The van der Waals surface area contributed by atoms with Gasteiger partial charge in [-0.2, -0.15) is 4.98 Å². The predicted molar refractivity (Wildman–Crippen MR) is 54.7 cm³/mol. The first-order chi connectivity index (χ1) is 6.06. The highest BCUT2D eigenvalue weighted by Gasteiger charge is 2.11. The van der Waals surface area contributed by atoms with E-state index in [-0.39, 0.29) is 21.1 Å². The van der Waals surface area contributed by atoms with Crippen LogP contribution in [0.2, 0.25) is 0 Å². The molecule has 6 heteroatoms. The molecule has 13 heavy (non-hydrogen) atoms. The lowest BCUT2D eigenvalue weighted by Crippen LogP contribution is -2.16. The highest BCUT2D eigenvalue weighted by molar-refractivity contribution is 14.1. The highest BCUT2D eigenvalue weighted by atomic mass is 127. The van der Waals surface area contributed by atoms with Crippen molar-refractivity contribution in [1.29, 1.82) is 0 Å². The fourth-order valence-corrected chi connectivity index (χ4v) is 1.02. The first-order valence-corrected chi connectivity index (χ1v) is 4.65. The molecule has 1 heterocycles. The molecule has 1 atom stereocenters. The van der Waals surface area contributed by atoms with E-state index in [2.05, 4.69) is 9.97 Å². The van der Waals surface area contributed by atoms with Crippen LogP contribution in [-0.4, -0.2) is 22.2 Å². The van der Waals surface area contributed by atoms with Crippen molar-refractivity contribution in [3.63, 3.8) is 0 Å². The summed E-state index contributed by atoms with van der Waals surface area (Å²) in [6.07, 6.45) is -0.337. The molecule has 0 bridgehead atoms. The Kier molecular flexibility index (Phi) is 3.26. The first-order valence-electron chi connectivity index (χ1n) is 3.57. The Morgan fingerprint density at radius 1 is 1.69 bits per heavy atom. The summed E-state index contributed by atoms with van der Waals surface area (Å²) in [5.41, 5.74) is -0.355. The average Bonchev–Trinajstić information content (AvgIpc) is 2.12. The van der Waals surface area contributed by atoms with Gasteiger partial charge in [0.25, 0.3) is 5.56 Å². The van der Waals surface area contributed by atoms with E-state index in [0.717, 1.165) is 0 Å². The minimum Gasteiger partial charge on any atom is -0.492 e. The summed E-state index contributed by atoms with van der Waals surface area (Å²) in [6, 6.07) is 0. The fraction of sp³-hybridized carbons (Fsp3) is 0.429. The lowest BCUT2D eigenvalue weighted by Gasteiger charge is -2.08. The van der Waals surface area contributed by atoms with E-state index in [4.69, 9.17) is 4.74 Å². The van der Waals surface area contributed by atoms with Gasteiger partial charge in [-0.05, 0) is 29.5 Å². The molecule has 0 spiro atoms. The maximum Gasteiger partial charge on any atom is 0.268 e. The summed E-state index contributed by atoms with van der Waals surface area (Å²) in [7, 11) is 1.50. The molecule has 0 saturated heterocycles. The molecular weight excluding hydrogens is 287 g/mol. The van der Waals surface area contributed by atoms with Crippen molar-refractivity contribution >= 4 is 22.6 Å². The third-order valence-corrected chi connectivity index (χ3v) is 2.57. The van der Waals surface area contributed by atoms with Gasteiger partial charge in [0.05, 0.1) is 0 Å². The van der Waals surface area contributed by atoms with Crippen LogP contribution in [0.15, 0.2) is 4.79 Å². The fourth-order valence-electron chi connectivity index (χ4n) is 0.768. The number of ether oxygens (including phenoxy) is 1. The van der Waals surface area contributed by atoms with E-state index in [1.54, 1.807) is 29.5 Å². The van der Waals surface area contributed by atoms with Crippen LogP contribution in [-0.2, 0) is 4.74 Å². The smallest absolute Gasteiger partial charge is 0.268 e. The number of methoxy groups -OCH3 is 1. The molecule has 0 fully saturated rings. The highest BCUT2D eigenvalue weighted by Crippen LogP contribution is 2.15. The molecule has 1 aromatic rings. The Morgan fingerprint density at radius 2 is 2.31 bits per heavy atom. The van der Waals surface area contributed by atoms with E-state index in [9.17, 15) is 9.90 Å². The minimum absolute atomic E-state index is 0.185. The number of halogens is 1. The van der Waals surface area contributed by atoms with Crippen molar-refractivity contribution in [1.82, 2.24) is 9.97 Å². The maximum atomic E-state index is 11.2. The van der Waals surface area contributed by atoms with Crippen LogP contribution >= 0.6 is 22.6 Å². The zero-order chi connectivity index (χ0) is 10.0. The monoisotopic (exact) mass is 296 g/mol. The third-order valence-electron chi connectivity index (χ3n) is 1.60. The molecule has 72 valence electrons. The van der Waals surface area contributed by atoms with E-state index in [1.807, 2.05) is 0 Å². The van der Waals surface area contributed by atoms with Crippen LogP contribution in [0, 0.1) is 3.57 Å². The Balaban J connectivity index is 3.21. The van der Waals surface area contributed by atoms with Gasteiger partial charge in [-0.3, -0.25) is 4.79 Å². The molecule has 0 aromatic carbocycles. The van der Waals surface area contributed by atoms with E-state index >= 15 is 0 Å². The van der Waals surface area contributed by atoms with Gasteiger partial charge in [0.15, 0.2) is 0 Å². The topological polar surface area (TPSA) is 75.2 Å². The molecule has 0 saturated carbocycles. The van der Waals surface area contributed by atoms with E-state index in [0.29, 0.717) is 5.82 Å².